The van der Waals surface area contributed by atoms with Gasteiger partial charge in [0.25, 0.3) is 5.90 Å². The highest BCUT2D eigenvalue weighted by Gasteiger charge is 2.36. The van der Waals surface area contributed by atoms with Gasteiger partial charge in [-0.05, 0) is 42.8 Å². The van der Waals surface area contributed by atoms with Gasteiger partial charge >= 0.3 is 0 Å². The Bertz CT molecular complexity index is 1500. The molecule has 0 bridgehead atoms. The predicted molar refractivity (Wildman–Crippen MR) is 145 cm³/mol. The summed E-state index contributed by atoms with van der Waals surface area (Å²) in [5.41, 5.74) is 2.24. The number of halogens is 2. The quantitative estimate of drug-likeness (QED) is 0.370. The topological polar surface area (TPSA) is 113 Å². The summed E-state index contributed by atoms with van der Waals surface area (Å²) in [4.78, 5) is 24.6. The zero-order valence-corrected chi connectivity index (χ0v) is 23.1. The van der Waals surface area contributed by atoms with Gasteiger partial charge in [-0.3, -0.25) is 9.59 Å². The summed E-state index contributed by atoms with van der Waals surface area (Å²) in [5, 5.41) is 19.2. The van der Waals surface area contributed by atoms with Crippen molar-refractivity contribution in [2.45, 2.75) is 33.6 Å². The third kappa shape index (κ3) is 5.55. The van der Waals surface area contributed by atoms with Crippen molar-refractivity contribution < 1.29 is 23.8 Å². The van der Waals surface area contributed by atoms with Gasteiger partial charge in [-0.15, -0.1) is 16.4 Å². The van der Waals surface area contributed by atoms with E-state index in [1.54, 1.807) is 43.3 Å². The maximum absolute atomic E-state index is 12.5. The summed E-state index contributed by atoms with van der Waals surface area (Å²) in [7, 11) is 1.50. The molecule has 4 rings (SSSR count). The molecule has 0 unspecified atom stereocenters. The van der Waals surface area contributed by atoms with Gasteiger partial charge in [-0.1, -0.05) is 29.3 Å². The fourth-order valence-electron chi connectivity index (χ4n) is 3.72. The van der Waals surface area contributed by atoms with Crippen LogP contribution in [0.1, 0.15) is 47.2 Å². The predicted octanol–water partition coefficient (Wildman–Crippen LogP) is 6.02. The van der Waals surface area contributed by atoms with Crippen molar-refractivity contribution in [3.63, 3.8) is 0 Å². The number of amides is 2. The summed E-state index contributed by atoms with van der Waals surface area (Å²) in [6.45, 7) is 4.65. The highest BCUT2D eigenvalue weighted by Crippen LogP contribution is 2.40. The van der Waals surface area contributed by atoms with Gasteiger partial charge in [0.1, 0.15) is 17.7 Å². The minimum absolute atomic E-state index is 0.164. The zero-order chi connectivity index (χ0) is 27.6. The lowest BCUT2D eigenvalue weighted by Gasteiger charge is -2.20. The molecule has 2 heterocycles. The number of anilines is 1. The number of nitriles is 1. The monoisotopic (exact) mass is 572 g/mol. The van der Waals surface area contributed by atoms with Gasteiger partial charge in [0, 0.05) is 35.0 Å². The van der Waals surface area contributed by atoms with E-state index in [1.165, 1.54) is 26.0 Å². The van der Waals surface area contributed by atoms with Gasteiger partial charge in [-0.25, -0.2) is 0 Å². The van der Waals surface area contributed by atoms with Crippen molar-refractivity contribution in [1.82, 2.24) is 5.01 Å². The fraction of sp³-hybridized carbons (Fsp3) is 0.231. The lowest BCUT2D eigenvalue weighted by Crippen LogP contribution is -2.25. The first-order chi connectivity index (χ1) is 18.1. The van der Waals surface area contributed by atoms with Crippen LogP contribution in [0.3, 0.4) is 0 Å². The minimum atomic E-state index is -0.882. The van der Waals surface area contributed by atoms with Gasteiger partial charge in [0.15, 0.2) is 11.5 Å². The first-order valence-corrected chi connectivity index (χ1v) is 12.8. The number of nitrogens with zero attached hydrogens (tertiary/aromatic N) is 3. The van der Waals surface area contributed by atoms with Crippen molar-refractivity contribution in [2.24, 2.45) is 5.10 Å². The molecule has 2 aromatic carbocycles. The molecule has 1 aliphatic rings. The molecule has 2 amide bonds. The molecule has 9 nitrogen and oxygen atoms in total. The number of carbonyl (C=O) groups excluding carboxylic acids is 2. The second-order valence-electron chi connectivity index (χ2n) is 8.23. The van der Waals surface area contributed by atoms with Crippen molar-refractivity contribution in [2.75, 3.05) is 12.4 Å². The molecule has 0 spiro atoms. The molecule has 1 aliphatic heterocycles. The summed E-state index contributed by atoms with van der Waals surface area (Å²) >= 11 is 13.4. The van der Waals surface area contributed by atoms with Crippen molar-refractivity contribution >= 4 is 57.3 Å². The number of methoxy groups -OCH3 is 1. The maximum atomic E-state index is 12.5. The van der Waals surface area contributed by atoms with Crippen LogP contribution in [0.5, 0.6) is 11.5 Å². The smallest absolute Gasteiger partial charge is 0.251 e. The van der Waals surface area contributed by atoms with E-state index in [9.17, 15) is 14.9 Å². The molecular formula is C26H22Cl2N4O5S. The summed E-state index contributed by atoms with van der Waals surface area (Å²) in [5.74, 6) is 0.388. The molecule has 1 aromatic heterocycles. The molecule has 1 atom stereocenters. The van der Waals surface area contributed by atoms with Crippen LogP contribution >= 0.6 is 34.5 Å². The van der Waals surface area contributed by atoms with Crippen LogP contribution in [0.4, 0.5) is 5.00 Å². The molecule has 38 heavy (non-hydrogen) atoms. The molecule has 0 saturated carbocycles. The Balaban J connectivity index is 1.60. The SMILES string of the molecule is COc1cc([C@H]2OC(c3sc(NC(C)=O)c(C#N)c3C)=NN2C(C)=O)ccc1OCc1ccc(Cl)cc1Cl. The van der Waals surface area contributed by atoms with Gasteiger partial charge in [-0.2, -0.15) is 10.3 Å². The largest absolute Gasteiger partial charge is 0.493 e. The Hall–Kier alpha value is -3.78. The van der Waals surface area contributed by atoms with Crippen LogP contribution < -0.4 is 14.8 Å². The number of ether oxygens (including phenoxy) is 3. The van der Waals surface area contributed by atoms with E-state index in [0.717, 1.165) is 16.9 Å². The summed E-state index contributed by atoms with van der Waals surface area (Å²) in [6.07, 6.45) is -0.882. The molecule has 196 valence electrons. The van der Waals surface area contributed by atoms with Gasteiger partial charge in [0.2, 0.25) is 18.0 Å². The van der Waals surface area contributed by atoms with Crippen LogP contribution in [0.15, 0.2) is 41.5 Å². The lowest BCUT2D eigenvalue weighted by atomic mass is 10.1. The number of nitrogens with one attached hydrogen (secondary N) is 1. The Morgan fingerprint density at radius 1 is 1.21 bits per heavy atom. The molecule has 0 radical (unpaired) electrons. The van der Waals surface area contributed by atoms with Gasteiger partial charge in [0.05, 0.1) is 17.6 Å². The average molecular weight is 573 g/mol. The second kappa shape index (κ2) is 11.3. The Labute approximate surface area is 233 Å². The molecule has 0 saturated heterocycles. The van der Waals surface area contributed by atoms with Crippen LogP contribution in [0, 0.1) is 18.3 Å². The molecular weight excluding hydrogens is 551 g/mol. The van der Waals surface area contributed by atoms with Crippen molar-refractivity contribution in [1.29, 1.82) is 5.26 Å². The zero-order valence-electron chi connectivity index (χ0n) is 20.8. The van der Waals surface area contributed by atoms with E-state index < -0.39 is 6.23 Å². The molecule has 3 aromatic rings. The van der Waals surface area contributed by atoms with E-state index in [0.29, 0.717) is 48.1 Å². The first kappa shape index (κ1) is 27.3. The van der Waals surface area contributed by atoms with E-state index in [-0.39, 0.29) is 24.3 Å². The highest BCUT2D eigenvalue weighted by atomic mass is 35.5. The third-order valence-corrected chi connectivity index (χ3v) is 7.36. The molecule has 12 heteroatoms. The number of hydrogen-bond acceptors (Lipinski definition) is 8. The minimum Gasteiger partial charge on any atom is -0.493 e. The van der Waals surface area contributed by atoms with Crippen molar-refractivity contribution in [3.8, 4) is 17.6 Å². The van der Waals surface area contributed by atoms with Gasteiger partial charge < -0.3 is 19.5 Å². The number of hydrazone groups is 1. The number of benzene rings is 2. The van der Waals surface area contributed by atoms with Crippen LogP contribution in [-0.4, -0.2) is 29.8 Å². The van der Waals surface area contributed by atoms with Crippen molar-refractivity contribution in [3.05, 3.63) is 73.6 Å². The van der Waals surface area contributed by atoms with Crippen LogP contribution in [-0.2, 0) is 20.9 Å². The Morgan fingerprint density at radius 2 is 1.97 bits per heavy atom. The van der Waals surface area contributed by atoms with Crippen LogP contribution in [0.2, 0.25) is 10.0 Å². The lowest BCUT2D eigenvalue weighted by molar-refractivity contribution is -0.135. The fourth-order valence-corrected chi connectivity index (χ4v) is 5.32. The van der Waals surface area contributed by atoms with E-state index in [4.69, 9.17) is 37.4 Å². The number of rotatable bonds is 7. The maximum Gasteiger partial charge on any atom is 0.251 e. The molecule has 0 fully saturated rings. The van der Waals surface area contributed by atoms with E-state index >= 15 is 0 Å². The first-order valence-electron chi connectivity index (χ1n) is 11.2. The molecule has 0 aliphatic carbocycles. The standard InChI is InChI=1S/C26H22Cl2N4O5S/c1-13-19(11-29)25(30-14(2)33)38-23(13)24-31-32(15(3)34)26(37-24)16-6-8-21(22(9-16)35-4)36-12-17-5-7-18(27)10-20(17)28/h5-10,26H,12H2,1-4H3,(H,30,33)/t26-/m1/s1. The summed E-state index contributed by atoms with van der Waals surface area (Å²) in [6, 6.07) is 12.4. The number of carbonyl (C=O) groups is 2. The van der Waals surface area contributed by atoms with E-state index in [1.807, 2.05) is 0 Å². The number of hydrogen-bond donors (Lipinski definition) is 1. The van der Waals surface area contributed by atoms with Crippen LogP contribution in [0.25, 0.3) is 0 Å². The molecule has 1 N–H and O–H groups in total. The summed E-state index contributed by atoms with van der Waals surface area (Å²) < 4.78 is 17.6. The second-order valence-corrected chi connectivity index (χ2v) is 10.1. The Morgan fingerprint density at radius 3 is 2.61 bits per heavy atom. The average Bonchev–Trinajstić information content (AvgIpc) is 3.44. The normalized spacial score (nSPS) is 14.4. The highest BCUT2D eigenvalue weighted by molar-refractivity contribution is 7.18. The third-order valence-electron chi connectivity index (χ3n) is 5.58. The number of thiophene rings is 1. The Kier molecular flexibility index (Phi) is 8.11. The van der Waals surface area contributed by atoms with E-state index in [2.05, 4.69) is 16.5 Å².